The van der Waals surface area contributed by atoms with Gasteiger partial charge in [-0.25, -0.2) is 9.97 Å². The van der Waals surface area contributed by atoms with Crippen molar-refractivity contribution in [3.63, 3.8) is 0 Å². The van der Waals surface area contributed by atoms with Crippen molar-refractivity contribution in [1.29, 1.82) is 0 Å². The molecule has 0 N–H and O–H groups in total. The van der Waals surface area contributed by atoms with Gasteiger partial charge in [0, 0.05) is 6.20 Å². The molecule has 1 aliphatic rings. The third-order valence-electron chi connectivity index (χ3n) is 3.15. The molecular formula is C13H14N4OS. The molecule has 3 heterocycles. The van der Waals surface area contributed by atoms with Gasteiger partial charge in [0.05, 0.1) is 11.6 Å². The number of rotatable bonds is 3. The van der Waals surface area contributed by atoms with Crippen LogP contribution in [0.3, 0.4) is 0 Å². The zero-order valence-corrected chi connectivity index (χ0v) is 11.6. The van der Waals surface area contributed by atoms with E-state index in [-0.39, 0.29) is 11.8 Å². The van der Waals surface area contributed by atoms with Crippen LogP contribution in [0.25, 0.3) is 10.3 Å². The monoisotopic (exact) mass is 274 g/mol. The molecule has 0 aliphatic carbocycles. The number of nitrogens with zero attached hydrogens (tertiary/aromatic N) is 4. The van der Waals surface area contributed by atoms with E-state index in [0.29, 0.717) is 5.13 Å². The summed E-state index contributed by atoms with van der Waals surface area (Å²) in [5, 5.41) is 6.47. The molecule has 19 heavy (non-hydrogen) atoms. The van der Waals surface area contributed by atoms with Crippen LogP contribution >= 0.6 is 11.3 Å². The molecule has 1 aliphatic heterocycles. The maximum absolute atomic E-state index is 12.2. The molecule has 6 heteroatoms. The van der Waals surface area contributed by atoms with E-state index in [9.17, 15) is 4.79 Å². The van der Waals surface area contributed by atoms with Gasteiger partial charge in [0.25, 0.3) is 5.91 Å². The van der Waals surface area contributed by atoms with E-state index in [1.54, 1.807) is 6.20 Å². The van der Waals surface area contributed by atoms with E-state index >= 15 is 0 Å². The molecule has 0 aromatic carbocycles. The lowest BCUT2D eigenvalue weighted by Crippen LogP contribution is -2.25. The first-order chi connectivity index (χ1) is 9.20. The topological polar surface area (TPSA) is 58.5 Å². The van der Waals surface area contributed by atoms with Gasteiger partial charge in [-0.1, -0.05) is 24.7 Å². The number of hydrogen-bond acceptors (Lipinski definition) is 5. The number of fused-ring (bicyclic) bond motifs is 1. The fraction of sp³-hybridized carbons (Fsp3) is 0.385. The van der Waals surface area contributed by atoms with E-state index in [1.165, 1.54) is 16.3 Å². The van der Waals surface area contributed by atoms with E-state index in [1.807, 2.05) is 19.1 Å². The van der Waals surface area contributed by atoms with Crippen LogP contribution in [-0.2, 0) is 4.79 Å². The molecule has 1 unspecified atom stereocenters. The standard InChI is InChI=1S/C13H14N4OS/c1-3-5-9-8(2)12(18)17(16-9)13-15-10-6-4-7-14-11(10)19-13/h4,6-8H,3,5H2,1-2H3. The van der Waals surface area contributed by atoms with Crippen molar-refractivity contribution in [1.82, 2.24) is 9.97 Å². The van der Waals surface area contributed by atoms with E-state index in [4.69, 9.17) is 0 Å². The van der Waals surface area contributed by atoms with E-state index in [0.717, 1.165) is 28.9 Å². The Morgan fingerprint density at radius 1 is 1.47 bits per heavy atom. The second kappa shape index (κ2) is 4.70. The van der Waals surface area contributed by atoms with Crippen molar-refractivity contribution in [3.8, 4) is 0 Å². The first kappa shape index (κ1) is 12.2. The number of pyridine rings is 1. The van der Waals surface area contributed by atoms with Crippen molar-refractivity contribution < 1.29 is 4.79 Å². The quantitative estimate of drug-likeness (QED) is 0.864. The molecule has 0 bridgehead atoms. The van der Waals surface area contributed by atoms with Crippen LogP contribution in [0, 0.1) is 5.92 Å². The van der Waals surface area contributed by atoms with Crippen molar-refractivity contribution in [2.45, 2.75) is 26.7 Å². The summed E-state index contributed by atoms with van der Waals surface area (Å²) >= 11 is 1.40. The Hall–Kier alpha value is -1.82. The van der Waals surface area contributed by atoms with Gasteiger partial charge in [-0.2, -0.15) is 10.1 Å². The number of hydrogen-bond donors (Lipinski definition) is 0. The maximum atomic E-state index is 12.2. The summed E-state index contributed by atoms with van der Waals surface area (Å²) in [6.45, 7) is 3.99. The second-order valence-electron chi connectivity index (χ2n) is 4.54. The third-order valence-corrected chi connectivity index (χ3v) is 4.10. The highest BCUT2D eigenvalue weighted by atomic mass is 32.1. The Morgan fingerprint density at radius 2 is 2.32 bits per heavy atom. The Morgan fingerprint density at radius 3 is 3.05 bits per heavy atom. The highest BCUT2D eigenvalue weighted by Crippen LogP contribution is 2.31. The predicted molar refractivity (Wildman–Crippen MR) is 76.4 cm³/mol. The molecule has 2 aromatic rings. The number of carbonyl (C=O) groups is 1. The SMILES string of the molecule is CCCC1=NN(c2nc3cccnc3s2)C(=O)C1C. The van der Waals surface area contributed by atoms with Crippen molar-refractivity contribution >= 4 is 38.4 Å². The summed E-state index contributed by atoms with van der Waals surface area (Å²) in [4.78, 5) is 21.7. The van der Waals surface area contributed by atoms with Gasteiger partial charge in [0.1, 0.15) is 10.3 Å². The molecule has 3 rings (SSSR count). The molecule has 0 saturated heterocycles. The smallest absolute Gasteiger partial charge is 0.258 e. The first-order valence-corrected chi connectivity index (χ1v) is 7.15. The number of aromatic nitrogens is 2. The van der Waals surface area contributed by atoms with Crippen LogP contribution in [-0.4, -0.2) is 21.6 Å². The van der Waals surface area contributed by atoms with Crippen molar-refractivity contribution in [2.24, 2.45) is 11.0 Å². The first-order valence-electron chi connectivity index (χ1n) is 6.33. The molecule has 0 spiro atoms. The minimum absolute atomic E-state index is 0.00232. The molecule has 2 aromatic heterocycles. The van der Waals surface area contributed by atoms with E-state index in [2.05, 4.69) is 22.0 Å². The summed E-state index contributed by atoms with van der Waals surface area (Å²) in [6, 6.07) is 3.73. The fourth-order valence-corrected chi connectivity index (χ4v) is 2.96. The Kier molecular flexibility index (Phi) is 3.02. The molecule has 98 valence electrons. The van der Waals surface area contributed by atoms with Gasteiger partial charge in [0.2, 0.25) is 5.13 Å². The summed E-state index contributed by atoms with van der Waals surface area (Å²) < 4.78 is 0. The van der Waals surface area contributed by atoms with Crippen LogP contribution in [0.15, 0.2) is 23.4 Å². The minimum atomic E-state index is -0.139. The largest absolute Gasteiger partial charge is 0.272 e. The lowest BCUT2D eigenvalue weighted by molar-refractivity contribution is -0.119. The highest BCUT2D eigenvalue weighted by molar-refractivity contribution is 7.22. The summed E-state index contributed by atoms with van der Waals surface area (Å²) in [7, 11) is 0. The predicted octanol–water partition coefficient (Wildman–Crippen LogP) is 2.83. The molecule has 0 fully saturated rings. The van der Waals surface area contributed by atoms with Crippen LogP contribution < -0.4 is 5.01 Å². The van der Waals surface area contributed by atoms with Gasteiger partial charge in [0.15, 0.2) is 0 Å². The number of carbonyl (C=O) groups excluding carboxylic acids is 1. The molecule has 1 amide bonds. The number of thiazole rings is 1. The average molecular weight is 274 g/mol. The number of amides is 1. The molecule has 5 nitrogen and oxygen atoms in total. The highest BCUT2D eigenvalue weighted by Gasteiger charge is 2.34. The summed E-state index contributed by atoms with van der Waals surface area (Å²) in [6.07, 6.45) is 3.57. The van der Waals surface area contributed by atoms with Crippen LogP contribution in [0.5, 0.6) is 0 Å². The molecule has 0 radical (unpaired) electrons. The normalized spacial score (nSPS) is 19.3. The lowest BCUT2D eigenvalue weighted by atomic mass is 10.0. The lowest BCUT2D eigenvalue weighted by Gasteiger charge is -2.07. The van der Waals surface area contributed by atoms with E-state index < -0.39 is 0 Å². The second-order valence-corrected chi connectivity index (χ2v) is 5.49. The van der Waals surface area contributed by atoms with Gasteiger partial charge < -0.3 is 0 Å². The summed E-state index contributed by atoms with van der Waals surface area (Å²) in [5.74, 6) is -0.137. The van der Waals surface area contributed by atoms with Gasteiger partial charge in [-0.3, -0.25) is 4.79 Å². The third kappa shape index (κ3) is 2.02. The average Bonchev–Trinajstić information content (AvgIpc) is 2.95. The Labute approximate surface area is 115 Å². The molecule has 0 saturated carbocycles. The van der Waals surface area contributed by atoms with Crippen molar-refractivity contribution in [2.75, 3.05) is 5.01 Å². The minimum Gasteiger partial charge on any atom is -0.272 e. The maximum Gasteiger partial charge on any atom is 0.258 e. The Bertz CT molecular complexity index is 630. The molecular weight excluding hydrogens is 260 g/mol. The van der Waals surface area contributed by atoms with Gasteiger partial charge in [-0.05, 0) is 25.5 Å². The van der Waals surface area contributed by atoms with Crippen LogP contribution in [0.2, 0.25) is 0 Å². The number of anilines is 1. The zero-order chi connectivity index (χ0) is 13.4. The van der Waals surface area contributed by atoms with Crippen molar-refractivity contribution in [3.05, 3.63) is 18.3 Å². The van der Waals surface area contributed by atoms with Gasteiger partial charge >= 0.3 is 0 Å². The zero-order valence-electron chi connectivity index (χ0n) is 10.8. The van der Waals surface area contributed by atoms with Crippen LogP contribution in [0.1, 0.15) is 26.7 Å². The Balaban J connectivity index is 1.99. The van der Waals surface area contributed by atoms with Gasteiger partial charge in [-0.15, -0.1) is 0 Å². The molecule has 1 atom stereocenters. The van der Waals surface area contributed by atoms with Crippen LogP contribution in [0.4, 0.5) is 5.13 Å². The summed E-state index contributed by atoms with van der Waals surface area (Å²) in [5.41, 5.74) is 1.75. The number of hydrazone groups is 1. The fourth-order valence-electron chi connectivity index (χ4n) is 2.10.